The van der Waals surface area contributed by atoms with Crippen LogP contribution in [0.15, 0.2) is 60.7 Å². The highest BCUT2D eigenvalue weighted by Crippen LogP contribution is 2.20. The topological polar surface area (TPSA) is 0 Å². The van der Waals surface area contributed by atoms with Crippen LogP contribution >= 0.6 is 0 Å². The van der Waals surface area contributed by atoms with Gasteiger partial charge in [0, 0.05) is 0 Å². The van der Waals surface area contributed by atoms with Crippen LogP contribution in [0, 0.1) is 5.82 Å². The zero-order chi connectivity index (χ0) is 13.5. The standard InChI is InChI=1S/C18H19F/c1-2-3-4-5-6-15-7-9-16(10-8-15)17-11-13-18(19)14-12-17/h4-5,7-14H,2-3,6H2,1H3/b5-4-. The van der Waals surface area contributed by atoms with Gasteiger partial charge in [0.25, 0.3) is 0 Å². The predicted molar refractivity (Wildman–Crippen MR) is 79.6 cm³/mol. The van der Waals surface area contributed by atoms with Gasteiger partial charge in [-0.1, -0.05) is 61.9 Å². The highest BCUT2D eigenvalue weighted by Gasteiger charge is 1.98. The third kappa shape index (κ3) is 4.06. The first-order chi connectivity index (χ1) is 9.29. The Balaban J connectivity index is 2.04. The Morgan fingerprint density at radius 1 is 0.842 bits per heavy atom. The van der Waals surface area contributed by atoms with Crippen molar-refractivity contribution in [2.75, 3.05) is 0 Å². The summed E-state index contributed by atoms with van der Waals surface area (Å²) in [7, 11) is 0. The molecule has 0 amide bonds. The van der Waals surface area contributed by atoms with Crippen molar-refractivity contribution in [2.24, 2.45) is 0 Å². The van der Waals surface area contributed by atoms with Crippen molar-refractivity contribution < 1.29 is 4.39 Å². The van der Waals surface area contributed by atoms with Crippen molar-refractivity contribution in [3.8, 4) is 11.1 Å². The maximum Gasteiger partial charge on any atom is 0.123 e. The zero-order valence-corrected chi connectivity index (χ0v) is 11.3. The van der Waals surface area contributed by atoms with Crippen LogP contribution in [-0.4, -0.2) is 0 Å². The van der Waals surface area contributed by atoms with E-state index in [1.807, 2.05) is 12.1 Å². The van der Waals surface area contributed by atoms with Crippen molar-refractivity contribution in [2.45, 2.75) is 26.2 Å². The number of halogens is 1. The molecule has 0 fully saturated rings. The molecule has 2 aromatic rings. The van der Waals surface area contributed by atoms with E-state index in [2.05, 4.69) is 43.3 Å². The fourth-order valence-corrected chi connectivity index (χ4v) is 1.98. The Labute approximate surface area is 114 Å². The first-order valence-corrected chi connectivity index (χ1v) is 6.79. The summed E-state index contributed by atoms with van der Waals surface area (Å²) in [6.07, 6.45) is 7.77. The molecule has 0 aliphatic rings. The Morgan fingerprint density at radius 2 is 1.42 bits per heavy atom. The lowest BCUT2D eigenvalue weighted by Gasteiger charge is -2.03. The van der Waals surface area contributed by atoms with Crippen molar-refractivity contribution in [3.05, 3.63) is 72.1 Å². The van der Waals surface area contributed by atoms with Gasteiger partial charge < -0.3 is 0 Å². The summed E-state index contributed by atoms with van der Waals surface area (Å²) in [5.41, 5.74) is 3.48. The van der Waals surface area contributed by atoms with E-state index >= 15 is 0 Å². The minimum atomic E-state index is -0.193. The molecular weight excluding hydrogens is 235 g/mol. The summed E-state index contributed by atoms with van der Waals surface area (Å²) < 4.78 is 12.9. The van der Waals surface area contributed by atoms with Crippen LogP contribution in [0.2, 0.25) is 0 Å². The van der Waals surface area contributed by atoms with Crippen LogP contribution in [0.25, 0.3) is 11.1 Å². The SMILES string of the molecule is CCC/C=C\Cc1ccc(-c2ccc(F)cc2)cc1. The molecule has 0 saturated heterocycles. The summed E-state index contributed by atoms with van der Waals surface area (Å²) in [6.45, 7) is 2.18. The molecule has 0 nitrogen and oxygen atoms in total. The van der Waals surface area contributed by atoms with Gasteiger partial charge in [0.1, 0.15) is 5.82 Å². The minimum absolute atomic E-state index is 0.193. The number of hydrogen-bond acceptors (Lipinski definition) is 0. The molecule has 0 spiro atoms. The zero-order valence-electron chi connectivity index (χ0n) is 11.3. The predicted octanol–water partition coefficient (Wildman–Crippen LogP) is 5.39. The maximum atomic E-state index is 12.9. The number of hydrogen-bond donors (Lipinski definition) is 0. The highest BCUT2D eigenvalue weighted by molar-refractivity contribution is 5.63. The smallest absolute Gasteiger partial charge is 0.123 e. The first kappa shape index (κ1) is 13.5. The molecule has 0 aliphatic carbocycles. The van der Waals surface area contributed by atoms with E-state index < -0.39 is 0 Å². The third-order valence-corrected chi connectivity index (χ3v) is 3.11. The lowest BCUT2D eigenvalue weighted by Crippen LogP contribution is -1.83. The lowest BCUT2D eigenvalue weighted by atomic mass is 10.0. The monoisotopic (exact) mass is 254 g/mol. The Bertz CT molecular complexity index is 521. The van der Waals surface area contributed by atoms with Gasteiger partial charge in [0.05, 0.1) is 0 Å². The first-order valence-electron chi connectivity index (χ1n) is 6.79. The largest absolute Gasteiger partial charge is 0.207 e. The molecule has 2 rings (SSSR count). The van der Waals surface area contributed by atoms with Gasteiger partial charge in [0.15, 0.2) is 0 Å². The molecule has 0 bridgehead atoms. The number of rotatable bonds is 5. The summed E-state index contributed by atoms with van der Waals surface area (Å²) >= 11 is 0. The van der Waals surface area contributed by atoms with E-state index in [1.54, 1.807) is 0 Å². The van der Waals surface area contributed by atoms with Gasteiger partial charge in [-0.3, -0.25) is 0 Å². The van der Waals surface area contributed by atoms with E-state index in [1.165, 1.54) is 24.1 Å². The quantitative estimate of drug-likeness (QED) is 0.627. The van der Waals surface area contributed by atoms with E-state index in [4.69, 9.17) is 0 Å². The number of allylic oxidation sites excluding steroid dienone is 2. The molecule has 1 heteroatoms. The van der Waals surface area contributed by atoms with Crippen molar-refractivity contribution in [1.82, 2.24) is 0 Å². The van der Waals surface area contributed by atoms with Gasteiger partial charge in [-0.15, -0.1) is 0 Å². The summed E-state index contributed by atoms with van der Waals surface area (Å²) in [5, 5.41) is 0. The molecule has 0 N–H and O–H groups in total. The summed E-state index contributed by atoms with van der Waals surface area (Å²) in [4.78, 5) is 0. The fourth-order valence-electron chi connectivity index (χ4n) is 1.98. The van der Waals surface area contributed by atoms with Gasteiger partial charge in [-0.05, 0) is 41.7 Å². The number of unbranched alkanes of at least 4 members (excludes halogenated alkanes) is 1. The van der Waals surface area contributed by atoms with Crippen LogP contribution in [0.5, 0.6) is 0 Å². The van der Waals surface area contributed by atoms with Crippen LogP contribution in [0.3, 0.4) is 0 Å². The minimum Gasteiger partial charge on any atom is -0.207 e. The third-order valence-electron chi connectivity index (χ3n) is 3.11. The molecule has 0 saturated carbocycles. The maximum absolute atomic E-state index is 12.9. The van der Waals surface area contributed by atoms with Crippen molar-refractivity contribution in [1.29, 1.82) is 0 Å². The second-order valence-corrected chi connectivity index (χ2v) is 4.67. The summed E-state index contributed by atoms with van der Waals surface area (Å²) in [6, 6.07) is 15.1. The fraction of sp³-hybridized carbons (Fsp3) is 0.222. The molecule has 98 valence electrons. The second kappa shape index (κ2) is 6.89. The normalized spacial score (nSPS) is 11.1. The van der Waals surface area contributed by atoms with Crippen molar-refractivity contribution >= 4 is 0 Å². The molecule has 0 aliphatic heterocycles. The molecule has 0 unspecified atom stereocenters. The van der Waals surface area contributed by atoms with Crippen LogP contribution < -0.4 is 0 Å². The van der Waals surface area contributed by atoms with Gasteiger partial charge in [-0.25, -0.2) is 4.39 Å². The molecule has 0 aromatic heterocycles. The lowest BCUT2D eigenvalue weighted by molar-refractivity contribution is 0.628. The highest BCUT2D eigenvalue weighted by atomic mass is 19.1. The Kier molecular flexibility index (Phi) is 4.91. The Hall–Kier alpha value is -1.89. The van der Waals surface area contributed by atoms with E-state index in [-0.39, 0.29) is 5.82 Å². The van der Waals surface area contributed by atoms with Crippen LogP contribution in [-0.2, 0) is 6.42 Å². The molecule has 19 heavy (non-hydrogen) atoms. The molecule has 0 atom stereocenters. The summed E-state index contributed by atoms with van der Waals surface area (Å²) in [5.74, 6) is -0.193. The molecule has 0 radical (unpaired) electrons. The number of benzene rings is 2. The van der Waals surface area contributed by atoms with E-state index in [9.17, 15) is 4.39 Å². The Morgan fingerprint density at radius 3 is 2.00 bits per heavy atom. The van der Waals surface area contributed by atoms with E-state index in [0.29, 0.717) is 0 Å². The average Bonchev–Trinajstić information content (AvgIpc) is 2.45. The van der Waals surface area contributed by atoms with Crippen molar-refractivity contribution in [3.63, 3.8) is 0 Å². The molecule has 0 heterocycles. The van der Waals surface area contributed by atoms with Gasteiger partial charge >= 0.3 is 0 Å². The molecular formula is C18H19F. The second-order valence-electron chi connectivity index (χ2n) is 4.67. The molecule has 2 aromatic carbocycles. The van der Waals surface area contributed by atoms with Crippen LogP contribution in [0.1, 0.15) is 25.3 Å². The van der Waals surface area contributed by atoms with E-state index in [0.717, 1.165) is 24.0 Å². The van der Waals surface area contributed by atoms with Crippen LogP contribution in [0.4, 0.5) is 4.39 Å². The van der Waals surface area contributed by atoms with Gasteiger partial charge in [-0.2, -0.15) is 0 Å². The van der Waals surface area contributed by atoms with Gasteiger partial charge in [0.2, 0.25) is 0 Å². The average molecular weight is 254 g/mol.